The number of nitrogens with zero attached hydrogens (tertiary/aromatic N) is 2. The van der Waals surface area contributed by atoms with Crippen molar-refractivity contribution < 1.29 is 9.53 Å². The van der Waals surface area contributed by atoms with Crippen LogP contribution in [0.25, 0.3) is 0 Å². The van der Waals surface area contributed by atoms with Crippen LogP contribution in [0, 0.1) is 0 Å². The first-order valence-corrected chi connectivity index (χ1v) is 5.55. The Morgan fingerprint density at radius 2 is 2.38 bits per heavy atom. The lowest BCUT2D eigenvalue weighted by Crippen LogP contribution is -2.56. The number of hydrogen-bond acceptors (Lipinski definition) is 5. The van der Waals surface area contributed by atoms with Gasteiger partial charge < -0.3 is 4.74 Å². The monoisotopic (exact) mass is 227 g/mol. The molecule has 1 aliphatic rings. The Morgan fingerprint density at radius 3 is 3.00 bits per heavy atom. The van der Waals surface area contributed by atoms with E-state index in [0.717, 1.165) is 26.2 Å². The predicted octanol–water partition coefficient (Wildman–Crippen LogP) is 0.204. The molecular formula is C11H21N3O2. The van der Waals surface area contributed by atoms with Crippen LogP contribution in [0.1, 0.15) is 12.8 Å². The van der Waals surface area contributed by atoms with Gasteiger partial charge >= 0.3 is 5.97 Å². The summed E-state index contributed by atoms with van der Waals surface area (Å²) in [6.07, 6.45) is 3.42. The van der Waals surface area contributed by atoms with Crippen LogP contribution >= 0.6 is 0 Å². The van der Waals surface area contributed by atoms with Gasteiger partial charge in [0.05, 0.1) is 26.1 Å². The van der Waals surface area contributed by atoms with E-state index in [0.29, 0.717) is 12.8 Å². The normalized spacial score (nSPS) is 23.0. The summed E-state index contributed by atoms with van der Waals surface area (Å²) in [5, 5.41) is 3.41. The molecule has 1 unspecified atom stereocenters. The highest BCUT2D eigenvalue weighted by Crippen LogP contribution is 2.07. The van der Waals surface area contributed by atoms with Crippen molar-refractivity contribution in [2.75, 3.05) is 34.0 Å². The molecule has 0 aromatic heterocycles. The summed E-state index contributed by atoms with van der Waals surface area (Å²) in [5.41, 5.74) is 0. The minimum Gasteiger partial charge on any atom is -0.463 e. The van der Waals surface area contributed by atoms with Gasteiger partial charge in [0.2, 0.25) is 0 Å². The summed E-state index contributed by atoms with van der Waals surface area (Å²) < 4.78 is 4.92. The molecule has 5 heteroatoms. The van der Waals surface area contributed by atoms with Crippen molar-refractivity contribution in [3.8, 4) is 0 Å². The van der Waals surface area contributed by atoms with E-state index in [-0.39, 0.29) is 5.97 Å². The molecule has 0 aromatic rings. The molecule has 0 saturated carbocycles. The second-order valence-corrected chi connectivity index (χ2v) is 4.15. The van der Waals surface area contributed by atoms with Crippen LogP contribution in [0.2, 0.25) is 0 Å². The van der Waals surface area contributed by atoms with Gasteiger partial charge in [0.1, 0.15) is 0 Å². The van der Waals surface area contributed by atoms with Crippen LogP contribution in [0.5, 0.6) is 0 Å². The summed E-state index contributed by atoms with van der Waals surface area (Å²) >= 11 is 0. The number of hydrogen-bond donors (Lipinski definition) is 1. The number of rotatable bonds is 5. The van der Waals surface area contributed by atoms with Crippen molar-refractivity contribution in [1.29, 1.82) is 0 Å². The highest BCUT2D eigenvalue weighted by atomic mass is 16.5. The van der Waals surface area contributed by atoms with Crippen LogP contribution in [0.15, 0.2) is 12.7 Å². The molecule has 1 heterocycles. The Bertz CT molecular complexity index is 245. The standard InChI is InChI=1S/C11H21N3O2/c1-4-11(15)16-7-5-6-10-12-8-13(2)9-14(10)3/h4,10,12H,1,5-9H2,2-3H3. The SMILES string of the molecule is C=CC(=O)OCCCC1NCN(C)CN1C. The maximum absolute atomic E-state index is 10.8. The molecule has 0 bridgehead atoms. The zero-order valence-corrected chi connectivity index (χ0v) is 10.1. The number of carbonyl (C=O) groups is 1. The van der Waals surface area contributed by atoms with Crippen LogP contribution < -0.4 is 5.32 Å². The second-order valence-electron chi connectivity index (χ2n) is 4.15. The van der Waals surface area contributed by atoms with E-state index < -0.39 is 0 Å². The fourth-order valence-electron chi connectivity index (χ4n) is 1.78. The van der Waals surface area contributed by atoms with Gasteiger partial charge in [-0.3, -0.25) is 15.1 Å². The van der Waals surface area contributed by atoms with Gasteiger partial charge in [0.25, 0.3) is 0 Å². The van der Waals surface area contributed by atoms with Crippen molar-refractivity contribution >= 4 is 5.97 Å². The maximum Gasteiger partial charge on any atom is 0.330 e. The highest BCUT2D eigenvalue weighted by Gasteiger charge is 2.20. The van der Waals surface area contributed by atoms with E-state index in [2.05, 4.69) is 35.8 Å². The third-order valence-electron chi connectivity index (χ3n) is 2.63. The van der Waals surface area contributed by atoms with Crippen molar-refractivity contribution in [2.24, 2.45) is 0 Å². The lowest BCUT2D eigenvalue weighted by Gasteiger charge is -2.38. The molecule has 1 fully saturated rings. The smallest absolute Gasteiger partial charge is 0.330 e. The number of carbonyl (C=O) groups excluding carboxylic acids is 1. The van der Waals surface area contributed by atoms with Gasteiger partial charge in [0, 0.05) is 6.08 Å². The Labute approximate surface area is 97.0 Å². The van der Waals surface area contributed by atoms with Gasteiger partial charge in [0.15, 0.2) is 0 Å². The van der Waals surface area contributed by atoms with Crippen LogP contribution in [0.3, 0.4) is 0 Å². The molecule has 0 radical (unpaired) electrons. The van der Waals surface area contributed by atoms with Gasteiger partial charge in [-0.05, 0) is 26.9 Å². The first-order valence-electron chi connectivity index (χ1n) is 5.55. The van der Waals surface area contributed by atoms with Crippen molar-refractivity contribution in [3.05, 3.63) is 12.7 Å². The summed E-state index contributed by atoms with van der Waals surface area (Å²) in [7, 11) is 4.16. The van der Waals surface area contributed by atoms with Crippen molar-refractivity contribution in [3.63, 3.8) is 0 Å². The topological polar surface area (TPSA) is 44.8 Å². The molecule has 16 heavy (non-hydrogen) atoms. The van der Waals surface area contributed by atoms with E-state index in [4.69, 9.17) is 4.74 Å². The summed E-state index contributed by atoms with van der Waals surface area (Å²) in [6, 6.07) is 0. The van der Waals surface area contributed by atoms with E-state index >= 15 is 0 Å². The number of nitrogens with one attached hydrogen (secondary N) is 1. The first-order chi connectivity index (χ1) is 7.63. The zero-order chi connectivity index (χ0) is 12.0. The molecule has 0 spiro atoms. The lowest BCUT2D eigenvalue weighted by molar-refractivity contribution is -0.138. The molecule has 1 saturated heterocycles. The third kappa shape index (κ3) is 4.30. The molecule has 0 aliphatic carbocycles. The maximum atomic E-state index is 10.8. The highest BCUT2D eigenvalue weighted by molar-refractivity contribution is 5.81. The molecule has 1 N–H and O–H groups in total. The van der Waals surface area contributed by atoms with E-state index in [9.17, 15) is 4.79 Å². The quantitative estimate of drug-likeness (QED) is 0.413. The molecule has 1 atom stereocenters. The molecule has 0 amide bonds. The Morgan fingerprint density at radius 1 is 1.62 bits per heavy atom. The fourth-order valence-corrected chi connectivity index (χ4v) is 1.78. The molecular weight excluding hydrogens is 206 g/mol. The number of ether oxygens (including phenoxy) is 1. The summed E-state index contributed by atoms with van der Waals surface area (Å²) in [5.74, 6) is -0.343. The molecule has 1 rings (SSSR count). The molecule has 1 aliphatic heterocycles. The van der Waals surface area contributed by atoms with Crippen molar-refractivity contribution in [1.82, 2.24) is 15.1 Å². The Balaban J connectivity index is 2.13. The summed E-state index contributed by atoms with van der Waals surface area (Å²) in [4.78, 5) is 15.2. The average molecular weight is 227 g/mol. The van der Waals surface area contributed by atoms with Gasteiger partial charge in [-0.1, -0.05) is 6.58 Å². The van der Waals surface area contributed by atoms with Crippen molar-refractivity contribution in [2.45, 2.75) is 19.0 Å². The molecule has 92 valence electrons. The molecule has 0 aromatic carbocycles. The predicted molar refractivity (Wildman–Crippen MR) is 62.6 cm³/mol. The van der Waals surface area contributed by atoms with Gasteiger partial charge in [-0.2, -0.15) is 0 Å². The lowest BCUT2D eigenvalue weighted by atomic mass is 10.2. The average Bonchev–Trinajstić information content (AvgIpc) is 2.26. The Kier molecular flexibility index (Phi) is 5.45. The largest absolute Gasteiger partial charge is 0.463 e. The van der Waals surface area contributed by atoms with E-state index in [1.165, 1.54) is 6.08 Å². The van der Waals surface area contributed by atoms with E-state index in [1.54, 1.807) is 0 Å². The zero-order valence-electron chi connectivity index (χ0n) is 10.1. The Hall–Kier alpha value is -0.910. The molecule has 5 nitrogen and oxygen atoms in total. The van der Waals surface area contributed by atoms with Gasteiger partial charge in [-0.15, -0.1) is 0 Å². The second kappa shape index (κ2) is 6.62. The minimum atomic E-state index is -0.343. The first kappa shape index (κ1) is 13.2. The third-order valence-corrected chi connectivity index (χ3v) is 2.63. The van der Waals surface area contributed by atoms with Crippen LogP contribution in [-0.4, -0.2) is 56.0 Å². The number of esters is 1. The van der Waals surface area contributed by atoms with E-state index in [1.807, 2.05) is 0 Å². The van der Waals surface area contributed by atoms with Crippen LogP contribution in [-0.2, 0) is 9.53 Å². The van der Waals surface area contributed by atoms with Gasteiger partial charge in [-0.25, -0.2) is 4.79 Å². The fraction of sp³-hybridized carbons (Fsp3) is 0.727. The van der Waals surface area contributed by atoms with Crippen LogP contribution in [0.4, 0.5) is 0 Å². The summed E-state index contributed by atoms with van der Waals surface area (Å²) in [6.45, 7) is 5.68. The minimum absolute atomic E-state index is 0.343.